The van der Waals surface area contributed by atoms with Crippen molar-refractivity contribution in [2.45, 2.75) is 23.2 Å². The molecule has 94 valence electrons. The third-order valence-electron chi connectivity index (χ3n) is 3.04. The van der Waals surface area contributed by atoms with Gasteiger partial charge in [-0.25, -0.2) is 8.42 Å². The van der Waals surface area contributed by atoms with Gasteiger partial charge in [0.15, 0.2) is 21.3 Å². The Kier molecular flexibility index (Phi) is 2.79. The van der Waals surface area contributed by atoms with Crippen molar-refractivity contribution in [2.75, 3.05) is 14.2 Å². The van der Waals surface area contributed by atoms with E-state index >= 15 is 0 Å². The van der Waals surface area contributed by atoms with E-state index in [1.165, 1.54) is 33.3 Å². The summed E-state index contributed by atoms with van der Waals surface area (Å²) >= 11 is 0. The SMILES string of the molecule is COc1cc2c(cc1OC)S(=O)(=O)C(C)C2[O-]. The van der Waals surface area contributed by atoms with E-state index in [0.29, 0.717) is 11.5 Å². The lowest BCUT2D eigenvalue weighted by molar-refractivity contribution is -0.424. The summed E-state index contributed by atoms with van der Waals surface area (Å²) in [4.78, 5) is 0.0580. The Hall–Kier alpha value is -1.27. The molecule has 0 saturated heterocycles. The van der Waals surface area contributed by atoms with Crippen LogP contribution in [0.4, 0.5) is 0 Å². The van der Waals surface area contributed by atoms with Crippen molar-refractivity contribution < 1.29 is 23.0 Å². The van der Waals surface area contributed by atoms with E-state index in [4.69, 9.17) is 9.47 Å². The maximum absolute atomic E-state index is 12.0. The van der Waals surface area contributed by atoms with Crippen LogP contribution in [-0.2, 0) is 9.84 Å². The summed E-state index contributed by atoms with van der Waals surface area (Å²) in [7, 11) is -0.677. The maximum Gasteiger partial charge on any atom is 0.180 e. The predicted molar refractivity (Wildman–Crippen MR) is 58.9 cm³/mol. The number of fused-ring (bicyclic) bond motifs is 1. The zero-order valence-electron chi connectivity index (χ0n) is 9.76. The summed E-state index contributed by atoms with van der Waals surface area (Å²) in [6, 6.07) is 2.81. The van der Waals surface area contributed by atoms with Crippen molar-refractivity contribution in [1.29, 1.82) is 0 Å². The summed E-state index contributed by atoms with van der Waals surface area (Å²) in [6.07, 6.45) is -1.27. The van der Waals surface area contributed by atoms with Gasteiger partial charge in [0.2, 0.25) is 0 Å². The first kappa shape index (κ1) is 12.2. The smallest absolute Gasteiger partial charge is 0.180 e. The second-order valence-corrected chi connectivity index (χ2v) is 6.19. The molecule has 5 nitrogen and oxygen atoms in total. The third kappa shape index (κ3) is 1.59. The first-order chi connectivity index (χ1) is 7.93. The number of methoxy groups -OCH3 is 2. The van der Waals surface area contributed by atoms with Crippen LogP contribution in [0.1, 0.15) is 18.6 Å². The Morgan fingerprint density at radius 2 is 1.71 bits per heavy atom. The average molecular weight is 257 g/mol. The minimum Gasteiger partial charge on any atom is -0.848 e. The quantitative estimate of drug-likeness (QED) is 0.760. The number of hydrogen-bond acceptors (Lipinski definition) is 5. The van der Waals surface area contributed by atoms with Gasteiger partial charge >= 0.3 is 0 Å². The van der Waals surface area contributed by atoms with Gasteiger partial charge in [0, 0.05) is 6.07 Å². The first-order valence-corrected chi connectivity index (χ1v) is 6.63. The van der Waals surface area contributed by atoms with Crippen LogP contribution in [-0.4, -0.2) is 27.9 Å². The lowest BCUT2D eigenvalue weighted by Crippen LogP contribution is -2.26. The van der Waals surface area contributed by atoms with Gasteiger partial charge in [-0.3, -0.25) is 0 Å². The molecule has 0 aliphatic carbocycles. The average Bonchev–Trinajstić information content (AvgIpc) is 2.49. The minimum atomic E-state index is -3.54. The molecule has 0 radical (unpaired) electrons. The van der Waals surface area contributed by atoms with Gasteiger partial charge in [-0.15, -0.1) is 0 Å². The van der Waals surface area contributed by atoms with Crippen molar-refractivity contribution in [1.82, 2.24) is 0 Å². The summed E-state index contributed by atoms with van der Waals surface area (Å²) in [5, 5.41) is 10.9. The second-order valence-electron chi connectivity index (χ2n) is 3.92. The van der Waals surface area contributed by atoms with Gasteiger partial charge < -0.3 is 14.6 Å². The van der Waals surface area contributed by atoms with Gasteiger partial charge in [-0.05, 0) is 18.6 Å². The Balaban J connectivity index is 2.72. The topological polar surface area (TPSA) is 75.7 Å². The molecule has 6 heteroatoms. The van der Waals surface area contributed by atoms with Crippen molar-refractivity contribution >= 4 is 9.84 Å². The highest BCUT2D eigenvalue weighted by Crippen LogP contribution is 2.43. The highest BCUT2D eigenvalue weighted by molar-refractivity contribution is 7.92. The molecule has 0 bridgehead atoms. The van der Waals surface area contributed by atoms with Crippen LogP contribution in [0.5, 0.6) is 11.5 Å². The number of rotatable bonds is 2. The highest BCUT2D eigenvalue weighted by atomic mass is 32.2. The van der Waals surface area contributed by atoms with Crippen LogP contribution in [0.25, 0.3) is 0 Å². The molecule has 2 atom stereocenters. The molecule has 1 heterocycles. The van der Waals surface area contributed by atoms with Crippen molar-refractivity contribution in [3.05, 3.63) is 17.7 Å². The molecular formula is C11H13O5S-. The van der Waals surface area contributed by atoms with E-state index in [1.54, 1.807) is 0 Å². The van der Waals surface area contributed by atoms with Gasteiger partial charge in [0.05, 0.1) is 24.4 Å². The summed E-state index contributed by atoms with van der Waals surface area (Å²) in [5.74, 6) is 0.688. The van der Waals surface area contributed by atoms with Crippen LogP contribution in [0.2, 0.25) is 0 Å². The van der Waals surface area contributed by atoms with Crippen LogP contribution in [0, 0.1) is 0 Å². The van der Waals surface area contributed by atoms with Gasteiger partial charge in [0.1, 0.15) is 0 Å². The monoisotopic (exact) mass is 257 g/mol. The maximum atomic E-state index is 12.0. The van der Waals surface area contributed by atoms with E-state index in [9.17, 15) is 13.5 Å². The van der Waals surface area contributed by atoms with Crippen LogP contribution in [0.3, 0.4) is 0 Å². The molecule has 17 heavy (non-hydrogen) atoms. The molecule has 0 spiro atoms. The first-order valence-electron chi connectivity index (χ1n) is 5.09. The molecule has 0 saturated carbocycles. The van der Waals surface area contributed by atoms with Crippen molar-refractivity contribution in [3.63, 3.8) is 0 Å². The molecule has 1 aliphatic rings. The number of ether oxygens (including phenoxy) is 2. The van der Waals surface area contributed by atoms with Crippen molar-refractivity contribution in [3.8, 4) is 11.5 Å². The molecule has 2 unspecified atom stereocenters. The molecule has 1 aromatic rings. The second kappa shape index (κ2) is 3.89. The largest absolute Gasteiger partial charge is 0.848 e. The van der Waals surface area contributed by atoms with Crippen LogP contribution in [0.15, 0.2) is 17.0 Å². The fourth-order valence-electron chi connectivity index (χ4n) is 1.96. The fourth-order valence-corrected chi connectivity index (χ4v) is 3.61. The lowest BCUT2D eigenvalue weighted by Gasteiger charge is -2.20. The van der Waals surface area contributed by atoms with Gasteiger partial charge in [0.25, 0.3) is 0 Å². The number of sulfone groups is 1. The molecule has 1 aliphatic heterocycles. The summed E-state index contributed by atoms with van der Waals surface area (Å²) in [5.41, 5.74) is 0.259. The normalized spacial score (nSPS) is 25.4. The highest BCUT2D eigenvalue weighted by Gasteiger charge is 2.37. The third-order valence-corrected chi connectivity index (χ3v) is 5.24. The Bertz CT molecular complexity index is 549. The molecular weight excluding hydrogens is 244 g/mol. The zero-order valence-corrected chi connectivity index (χ0v) is 10.6. The van der Waals surface area contributed by atoms with E-state index in [2.05, 4.69) is 0 Å². The fraction of sp³-hybridized carbons (Fsp3) is 0.455. The Morgan fingerprint density at radius 3 is 2.24 bits per heavy atom. The molecule has 0 fully saturated rings. The summed E-state index contributed by atoms with van der Waals surface area (Å²) in [6.45, 7) is 1.42. The zero-order chi connectivity index (χ0) is 12.8. The summed E-state index contributed by atoms with van der Waals surface area (Å²) < 4.78 is 34.0. The van der Waals surface area contributed by atoms with Gasteiger partial charge in [-0.1, -0.05) is 6.10 Å². The predicted octanol–water partition coefficient (Wildman–Crippen LogP) is 0.281. The van der Waals surface area contributed by atoms with E-state index < -0.39 is 21.2 Å². The lowest BCUT2D eigenvalue weighted by atomic mass is 10.1. The van der Waals surface area contributed by atoms with E-state index in [-0.39, 0.29) is 10.5 Å². The van der Waals surface area contributed by atoms with E-state index in [1.807, 2.05) is 0 Å². The Morgan fingerprint density at radius 1 is 1.18 bits per heavy atom. The van der Waals surface area contributed by atoms with E-state index in [0.717, 1.165) is 0 Å². The van der Waals surface area contributed by atoms with Crippen molar-refractivity contribution in [2.24, 2.45) is 0 Å². The van der Waals surface area contributed by atoms with Crippen LogP contribution < -0.4 is 14.6 Å². The minimum absolute atomic E-state index is 0.0580. The van der Waals surface area contributed by atoms with Gasteiger partial charge in [-0.2, -0.15) is 0 Å². The molecule has 0 amide bonds. The number of hydrogen-bond donors (Lipinski definition) is 0. The molecule has 0 N–H and O–H groups in total. The van der Waals surface area contributed by atoms with Crippen LogP contribution >= 0.6 is 0 Å². The molecule has 2 rings (SSSR count). The standard InChI is InChI=1S/C11H13O5S/c1-6-11(12)7-4-8(15-2)9(16-3)5-10(7)17(6,13)14/h4-6,11H,1-3H3/q-1. The Labute approximate surface area is 99.9 Å². The molecule has 0 aromatic heterocycles. The molecule has 1 aromatic carbocycles. The number of benzene rings is 1.